The number of hydrogen-bond acceptors (Lipinski definition) is 4. The van der Waals surface area contributed by atoms with Crippen molar-refractivity contribution in [3.63, 3.8) is 0 Å². The van der Waals surface area contributed by atoms with Crippen LogP contribution in [-0.2, 0) is 9.53 Å². The van der Waals surface area contributed by atoms with E-state index in [1.807, 2.05) is 24.3 Å². The average molecular weight is 219 g/mol. The molecule has 0 unspecified atom stereocenters. The smallest absolute Gasteiger partial charge is 0.311 e. The predicted octanol–water partition coefficient (Wildman–Crippen LogP) is 2.10. The van der Waals surface area contributed by atoms with Crippen LogP contribution in [0.15, 0.2) is 29.3 Å². The second-order valence-electron chi connectivity index (χ2n) is 3.42. The van der Waals surface area contributed by atoms with Crippen molar-refractivity contribution in [2.24, 2.45) is 4.99 Å². The zero-order valence-corrected chi connectivity index (χ0v) is 9.10. The van der Waals surface area contributed by atoms with Gasteiger partial charge in [0.15, 0.2) is 0 Å². The third kappa shape index (κ3) is 2.39. The molecule has 1 aliphatic heterocycles. The molecule has 0 N–H and O–H groups in total. The summed E-state index contributed by atoms with van der Waals surface area (Å²) in [6.07, 6.45) is 0.197. The SMILES string of the molecule is CCOC(=O)CC1=Nc2ccccc2OC1. The maximum absolute atomic E-state index is 11.3. The van der Waals surface area contributed by atoms with E-state index >= 15 is 0 Å². The molecule has 4 nitrogen and oxygen atoms in total. The van der Waals surface area contributed by atoms with Crippen LogP contribution in [0.5, 0.6) is 5.75 Å². The molecule has 0 aromatic heterocycles. The number of carbonyl (C=O) groups excluding carboxylic acids is 1. The monoisotopic (exact) mass is 219 g/mol. The van der Waals surface area contributed by atoms with Gasteiger partial charge in [0.2, 0.25) is 0 Å². The summed E-state index contributed by atoms with van der Waals surface area (Å²) in [7, 11) is 0. The first-order chi connectivity index (χ1) is 7.79. The Kier molecular flexibility index (Phi) is 3.19. The van der Waals surface area contributed by atoms with E-state index in [4.69, 9.17) is 9.47 Å². The van der Waals surface area contributed by atoms with E-state index < -0.39 is 0 Å². The molecule has 1 aromatic rings. The van der Waals surface area contributed by atoms with E-state index in [1.165, 1.54) is 0 Å². The lowest BCUT2D eigenvalue weighted by atomic mass is 10.2. The second-order valence-corrected chi connectivity index (χ2v) is 3.42. The van der Waals surface area contributed by atoms with Crippen molar-refractivity contribution in [3.05, 3.63) is 24.3 Å². The van der Waals surface area contributed by atoms with E-state index in [2.05, 4.69) is 4.99 Å². The Morgan fingerprint density at radius 3 is 3.12 bits per heavy atom. The van der Waals surface area contributed by atoms with Crippen LogP contribution >= 0.6 is 0 Å². The molecule has 0 fully saturated rings. The van der Waals surface area contributed by atoms with Crippen LogP contribution in [0.3, 0.4) is 0 Å². The van der Waals surface area contributed by atoms with Crippen molar-refractivity contribution in [3.8, 4) is 5.75 Å². The summed E-state index contributed by atoms with van der Waals surface area (Å²) < 4.78 is 10.3. The Balaban J connectivity index is 2.09. The molecule has 0 bridgehead atoms. The van der Waals surface area contributed by atoms with Gasteiger partial charge in [0, 0.05) is 0 Å². The second kappa shape index (κ2) is 4.79. The molecule has 1 aliphatic rings. The molecule has 4 heteroatoms. The highest BCUT2D eigenvalue weighted by molar-refractivity contribution is 6.02. The molecule has 0 spiro atoms. The number of hydrogen-bond donors (Lipinski definition) is 0. The number of carbonyl (C=O) groups is 1. The molecule has 2 rings (SSSR count). The van der Waals surface area contributed by atoms with E-state index in [0.29, 0.717) is 18.9 Å². The normalized spacial score (nSPS) is 13.4. The van der Waals surface area contributed by atoms with Gasteiger partial charge in [-0.2, -0.15) is 0 Å². The van der Waals surface area contributed by atoms with Crippen LogP contribution < -0.4 is 4.74 Å². The highest BCUT2D eigenvalue weighted by Crippen LogP contribution is 2.30. The van der Waals surface area contributed by atoms with Crippen LogP contribution in [-0.4, -0.2) is 24.9 Å². The first-order valence-electron chi connectivity index (χ1n) is 5.23. The highest BCUT2D eigenvalue weighted by atomic mass is 16.5. The molecule has 16 heavy (non-hydrogen) atoms. The van der Waals surface area contributed by atoms with Gasteiger partial charge in [0.1, 0.15) is 18.0 Å². The average Bonchev–Trinajstić information content (AvgIpc) is 2.29. The van der Waals surface area contributed by atoms with Gasteiger partial charge in [0.25, 0.3) is 0 Å². The number of aliphatic imine (C=N–C) groups is 1. The summed E-state index contributed by atoms with van der Waals surface area (Å²) in [6.45, 7) is 2.53. The topological polar surface area (TPSA) is 47.9 Å². The lowest BCUT2D eigenvalue weighted by Crippen LogP contribution is -2.20. The lowest BCUT2D eigenvalue weighted by molar-refractivity contribution is -0.141. The fourth-order valence-corrected chi connectivity index (χ4v) is 1.50. The first kappa shape index (κ1) is 10.7. The standard InChI is InChI=1S/C12H13NO3/c1-2-15-12(14)7-9-8-16-11-6-4-3-5-10(11)13-9/h3-6H,2,7-8H2,1H3. The van der Waals surface area contributed by atoms with Gasteiger partial charge in [-0.3, -0.25) is 4.79 Å². The van der Waals surface area contributed by atoms with Crippen molar-refractivity contribution in [2.45, 2.75) is 13.3 Å². The first-order valence-corrected chi connectivity index (χ1v) is 5.23. The number of esters is 1. The third-order valence-electron chi connectivity index (χ3n) is 2.19. The summed E-state index contributed by atoms with van der Waals surface area (Å²) >= 11 is 0. The van der Waals surface area contributed by atoms with E-state index in [9.17, 15) is 4.79 Å². The Morgan fingerprint density at radius 1 is 1.50 bits per heavy atom. The minimum absolute atomic E-state index is 0.197. The number of benzene rings is 1. The third-order valence-corrected chi connectivity index (χ3v) is 2.19. The van der Waals surface area contributed by atoms with Gasteiger partial charge in [-0.1, -0.05) is 12.1 Å². The summed E-state index contributed by atoms with van der Waals surface area (Å²) in [4.78, 5) is 15.6. The highest BCUT2D eigenvalue weighted by Gasteiger charge is 2.15. The minimum Gasteiger partial charge on any atom is -0.485 e. The van der Waals surface area contributed by atoms with Crippen molar-refractivity contribution in [2.75, 3.05) is 13.2 Å². The summed E-state index contributed by atoms with van der Waals surface area (Å²) in [5.74, 6) is 0.499. The Bertz CT molecular complexity index is 426. The minimum atomic E-state index is -0.260. The zero-order chi connectivity index (χ0) is 11.4. The lowest BCUT2D eigenvalue weighted by Gasteiger charge is -2.16. The fourth-order valence-electron chi connectivity index (χ4n) is 1.50. The molecule has 1 aromatic carbocycles. The van der Waals surface area contributed by atoms with Gasteiger partial charge in [-0.15, -0.1) is 0 Å². The van der Waals surface area contributed by atoms with Gasteiger partial charge in [-0.25, -0.2) is 4.99 Å². The molecule has 0 saturated carbocycles. The Hall–Kier alpha value is -1.84. The van der Waals surface area contributed by atoms with E-state index in [0.717, 1.165) is 11.4 Å². The maximum Gasteiger partial charge on any atom is 0.311 e. The van der Waals surface area contributed by atoms with E-state index in [-0.39, 0.29) is 12.4 Å². The summed E-state index contributed by atoms with van der Waals surface area (Å²) in [5, 5.41) is 0. The molecule has 0 amide bonds. The van der Waals surface area contributed by atoms with E-state index in [1.54, 1.807) is 6.92 Å². The quantitative estimate of drug-likeness (QED) is 0.731. The number of ether oxygens (including phenoxy) is 2. The van der Waals surface area contributed by atoms with Crippen LogP contribution in [0, 0.1) is 0 Å². The Morgan fingerprint density at radius 2 is 2.31 bits per heavy atom. The molecule has 0 atom stereocenters. The number of rotatable bonds is 3. The van der Waals surface area contributed by atoms with Gasteiger partial charge < -0.3 is 9.47 Å². The van der Waals surface area contributed by atoms with Crippen LogP contribution in [0.4, 0.5) is 5.69 Å². The molecule has 0 radical (unpaired) electrons. The molecule has 1 heterocycles. The predicted molar refractivity (Wildman–Crippen MR) is 60.3 cm³/mol. The summed E-state index contributed by atoms with van der Waals surface area (Å²) in [5.41, 5.74) is 1.48. The molecular weight excluding hydrogens is 206 g/mol. The number of para-hydroxylation sites is 2. The molecular formula is C12H13NO3. The fraction of sp³-hybridized carbons (Fsp3) is 0.333. The zero-order valence-electron chi connectivity index (χ0n) is 9.10. The van der Waals surface area contributed by atoms with Crippen molar-refractivity contribution >= 4 is 17.4 Å². The molecule has 0 saturated heterocycles. The van der Waals surface area contributed by atoms with Gasteiger partial charge in [-0.05, 0) is 19.1 Å². The van der Waals surface area contributed by atoms with Gasteiger partial charge in [0.05, 0.1) is 18.7 Å². The maximum atomic E-state index is 11.3. The molecule has 0 aliphatic carbocycles. The van der Waals surface area contributed by atoms with Crippen LogP contribution in [0.25, 0.3) is 0 Å². The molecule has 84 valence electrons. The van der Waals surface area contributed by atoms with Crippen molar-refractivity contribution in [1.29, 1.82) is 0 Å². The number of fused-ring (bicyclic) bond motifs is 1. The Labute approximate surface area is 93.9 Å². The number of nitrogens with zero attached hydrogens (tertiary/aromatic N) is 1. The van der Waals surface area contributed by atoms with Crippen molar-refractivity contribution < 1.29 is 14.3 Å². The summed E-state index contributed by atoms with van der Waals surface area (Å²) in [6, 6.07) is 7.50. The largest absolute Gasteiger partial charge is 0.485 e. The van der Waals surface area contributed by atoms with Crippen LogP contribution in [0.2, 0.25) is 0 Å². The van der Waals surface area contributed by atoms with Crippen molar-refractivity contribution in [1.82, 2.24) is 0 Å². The van der Waals surface area contributed by atoms with Gasteiger partial charge >= 0.3 is 5.97 Å². The van der Waals surface area contributed by atoms with Crippen LogP contribution in [0.1, 0.15) is 13.3 Å².